The first-order valence-corrected chi connectivity index (χ1v) is 6.01. The fourth-order valence-electron chi connectivity index (χ4n) is 1.38. The SMILES string of the molecule is FC(F)(F)Oc1ccccc1Nc1nnc(CCCl)o1. The van der Waals surface area contributed by atoms with E-state index in [1.54, 1.807) is 6.07 Å². The molecule has 0 radical (unpaired) electrons. The van der Waals surface area contributed by atoms with Gasteiger partial charge in [-0.1, -0.05) is 17.2 Å². The van der Waals surface area contributed by atoms with Gasteiger partial charge in [0, 0.05) is 12.3 Å². The predicted octanol–water partition coefficient (Wildman–Crippen LogP) is 3.49. The molecule has 0 aliphatic carbocycles. The van der Waals surface area contributed by atoms with Gasteiger partial charge in [-0.25, -0.2) is 0 Å². The van der Waals surface area contributed by atoms with E-state index in [1.165, 1.54) is 18.2 Å². The fourth-order valence-corrected chi connectivity index (χ4v) is 1.55. The Morgan fingerprint density at radius 2 is 2.00 bits per heavy atom. The second-order valence-electron chi connectivity index (χ2n) is 3.61. The first-order valence-electron chi connectivity index (χ1n) is 5.48. The lowest BCUT2D eigenvalue weighted by Gasteiger charge is -2.12. The van der Waals surface area contributed by atoms with Crippen molar-refractivity contribution in [1.82, 2.24) is 10.2 Å². The Labute approximate surface area is 116 Å². The molecule has 0 unspecified atom stereocenters. The molecule has 9 heteroatoms. The van der Waals surface area contributed by atoms with Gasteiger partial charge in [0.05, 0.1) is 5.69 Å². The van der Waals surface area contributed by atoms with Crippen molar-refractivity contribution >= 4 is 23.3 Å². The Bertz CT molecular complexity index is 574. The molecule has 0 saturated carbocycles. The topological polar surface area (TPSA) is 60.2 Å². The van der Waals surface area contributed by atoms with Gasteiger partial charge in [0.2, 0.25) is 5.89 Å². The summed E-state index contributed by atoms with van der Waals surface area (Å²) >= 11 is 5.51. The van der Waals surface area contributed by atoms with Crippen LogP contribution in [0.25, 0.3) is 0 Å². The average molecular weight is 308 g/mol. The summed E-state index contributed by atoms with van der Waals surface area (Å²) in [7, 11) is 0. The minimum atomic E-state index is -4.78. The number of nitrogens with one attached hydrogen (secondary N) is 1. The van der Waals surface area contributed by atoms with Crippen molar-refractivity contribution in [3.05, 3.63) is 30.2 Å². The molecule has 1 N–H and O–H groups in total. The number of nitrogens with zero attached hydrogens (tertiary/aromatic N) is 2. The van der Waals surface area contributed by atoms with Crippen LogP contribution in [0.1, 0.15) is 5.89 Å². The van der Waals surface area contributed by atoms with Crippen LogP contribution in [0, 0.1) is 0 Å². The molecule has 108 valence electrons. The van der Waals surface area contributed by atoms with Crippen LogP contribution in [-0.2, 0) is 6.42 Å². The summed E-state index contributed by atoms with van der Waals surface area (Å²) in [6.07, 6.45) is -4.41. The van der Waals surface area contributed by atoms with Gasteiger partial charge in [-0.15, -0.1) is 29.9 Å². The first kappa shape index (κ1) is 14.4. The molecule has 1 aromatic heterocycles. The van der Waals surface area contributed by atoms with Crippen molar-refractivity contribution in [2.24, 2.45) is 0 Å². The van der Waals surface area contributed by atoms with Gasteiger partial charge in [-0.05, 0) is 12.1 Å². The summed E-state index contributed by atoms with van der Waals surface area (Å²) < 4.78 is 45.8. The molecule has 0 aliphatic rings. The number of rotatable bonds is 5. The van der Waals surface area contributed by atoms with E-state index >= 15 is 0 Å². The maximum absolute atomic E-state index is 12.2. The zero-order valence-electron chi connectivity index (χ0n) is 9.95. The lowest BCUT2D eigenvalue weighted by atomic mass is 10.3. The number of aromatic nitrogens is 2. The van der Waals surface area contributed by atoms with Crippen LogP contribution in [-0.4, -0.2) is 22.4 Å². The summed E-state index contributed by atoms with van der Waals surface area (Å²) in [4.78, 5) is 0. The third-order valence-corrected chi connectivity index (χ3v) is 2.32. The van der Waals surface area contributed by atoms with Crippen molar-refractivity contribution in [3.8, 4) is 5.75 Å². The lowest BCUT2D eigenvalue weighted by molar-refractivity contribution is -0.274. The number of hydrogen-bond donors (Lipinski definition) is 1. The molecule has 2 rings (SSSR count). The molecular weight excluding hydrogens is 299 g/mol. The van der Waals surface area contributed by atoms with Gasteiger partial charge in [-0.2, -0.15) is 0 Å². The van der Waals surface area contributed by atoms with E-state index in [1.807, 2.05) is 0 Å². The summed E-state index contributed by atoms with van der Waals surface area (Å²) in [5.74, 6) is 0.198. The number of para-hydroxylation sites is 2. The Morgan fingerprint density at radius 3 is 2.70 bits per heavy atom. The number of benzene rings is 1. The molecule has 0 fully saturated rings. The molecule has 5 nitrogen and oxygen atoms in total. The highest BCUT2D eigenvalue weighted by Gasteiger charge is 2.32. The summed E-state index contributed by atoms with van der Waals surface area (Å²) in [5, 5.41) is 9.89. The minimum absolute atomic E-state index is 0.0386. The van der Waals surface area contributed by atoms with Crippen LogP contribution >= 0.6 is 11.6 Å². The number of ether oxygens (including phenoxy) is 1. The normalized spacial score (nSPS) is 11.4. The zero-order valence-corrected chi connectivity index (χ0v) is 10.7. The average Bonchev–Trinajstić information content (AvgIpc) is 2.78. The van der Waals surface area contributed by atoms with Crippen molar-refractivity contribution in [2.45, 2.75) is 12.8 Å². The molecule has 0 atom stereocenters. The van der Waals surface area contributed by atoms with Crippen molar-refractivity contribution in [3.63, 3.8) is 0 Å². The van der Waals surface area contributed by atoms with Crippen LogP contribution in [0.2, 0.25) is 0 Å². The van der Waals surface area contributed by atoms with Gasteiger partial charge < -0.3 is 14.5 Å². The Kier molecular flexibility index (Phi) is 4.33. The van der Waals surface area contributed by atoms with Crippen LogP contribution in [0.15, 0.2) is 28.7 Å². The van der Waals surface area contributed by atoms with E-state index in [-0.39, 0.29) is 17.6 Å². The Morgan fingerprint density at radius 1 is 1.25 bits per heavy atom. The van der Waals surface area contributed by atoms with Crippen LogP contribution in [0.4, 0.5) is 24.9 Å². The van der Waals surface area contributed by atoms with Gasteiger partial charge in [-0.3, -0.25) is 0 Å². The second-order valence-corrected chi connectivity index (χ2v) is 3.99. The highest BCUT2D eigenvalue weighted by Crippen LogP contribution is 2.31. The summed E-state index contributed by atoms with van der Waals surface area (Å²) in [5.41, 5.74) is 0.0610. The van der Waals surface area contributed by atoms with Gasteiger partial charge in [0.25, 0.3) is 0 Å². The van der Waals surface area contributed by atoms with Crippen molar-refractivity contribution in [2.75, 3.05) is 11.2 Å². The van der Waals surface area contributed by atoms with Crippen LogP contribution < -0.4 is 10.1 Å². The van der Waals surface area contributed by atoms with E-state index in [0.29, 0.717) is 12.3 Å². The van der Waals surface area contributed by atoms with E-state index < -0.39 is 12.1 Å². The molecule has 0 saturated heterocycles. The second kappa shape index (κ2) is 6.00. The molecule has 1 heterocycles. The highest BCUT2D eigenvalue weighted by atomic mass is 35.5. The molecule has 0 amide bonds. The molecule has 2 aromatic rings. The molecule has 20 heavy (non-hydrogen) atoms. The Hall–Kier alpha value is -1.96. The molecule has 0 aliphatic heterocycles. The largest absolute Gasteiger partial charge is 0.573 e. The molecule has 0 spiro atoms. The van der Waals surface area contributed by atoms with Crippen molar-refractivity contribution in [1.29, 1.82) is 0 Å². The van der Waals surface area contributed by atoms with Crippen molar-refractivity contribution < 1.29 is 22.3 Å². The number of aryl methyl sites for hydroxylation is 1. The number of halogens is 4. The smallest absolute Gasteiger partial charge is 0.408 e. The number of alkyl halides is 4. The predicted molar refractivity (Wildman–Crippen MR) is 65.1 cm³/mol. The fraction of sp³-hybridized carbons (Fsp3) is 0.273. The van der Waals surface area contributed by atoms with E-state index in [2.05, 4.69) is 20.3 Å². The minimum Gasteiger partial charge on any atom is -0.408 e. The van der Waals surface area contributed by atoms with Gasteiger partial charge in [0.1, 0.15) is 0 Å². The van der Waals surface area contributed by atoms with Crippen LogP contribution in [0.3, 0.4) is 0 Å². The third kappa shape index (κ3) is 4.02. The zero-order chi connectivity index (χ0) is 14.6. The molecule has 0 bridgehead atoms. The van der Waals surface area contributed by atoms with Gasteiger partial charge >= 0.3 is 12.4 Å². The van der Waals surface area contributed by atoms with E-state index in [0.717, 1.165) is 0 Å². The molecule has 1 aromatic carbocycles. The van der Waals surface area contributed by atoms with E-state index in [9.17, 15) is 13.2 Å². The third-order valence-electron chi connectivity index (χ3n) is 2.13. The standard InChI is InChI=1S/C11H9ClF3N3O2/c12-6-5-9-17-18-10(19-9)16-7-3-1-2-4-8(7)20-11(13,14)15/h1-4H,5-6H2,(H,16,18). The van der Waals surface area contributed by atoms with Crippen LogP contribution in [0.5, 0.6) is 5.75 Å². The highest BCUT2D eigenvalue weighted by molar-refractivity contribution is 6.17. The number of anilines is 2. The molecular formula is C11H9ClF3N3O2. The maximum atomic E-state index is 12.2. The monoisotopic (exact) mass is 307 g/mol. The number of hydrogen-bond acceptors (Lipinski definition) is 5. The summed E-state index contributed by atoms with van der Waals surface area (Å²) in [6.45, 7) is 0. The summed E-state index contributed by atoms with van der Waals surface area (Å²) in [6, 6.07) is 5.49. The first-order chi connectivity index (χ1) is 9.48. The Balaban J connectivity index is 2.15. The van der Waals surface area contributed by atoms with E-state index in [4.69, 9.17) is 16.0 Å². The lowest BCUT2D eigenvalue weighted by Crippen LogP contribution is -2.17. The van der Waals surface area contributed by atoms with Gasteiger partial charge in [0.15, 0.2) is 5.75 Å². The maximum Gasteiger partial charge on any atom is 0.573 e. The quantitative estimate of drug-likeness (QED) is 0.857.